The molecule has 1 saturated heterocycles. The number of nitrogens with zero attached hydrogens (tertiary/aromatic N) is 1. The highest BCUT2D eigenvalue weighted by Crippen LogP contribution is 2.08. The number of nitrogens with one attached hydrogen (secondary N) is 1. The minimum absolute atomic E-state index is 0.693. The molecule has 1 fully saturated rings. The summed E-state index contributed by atoms with van der Waals surface area (Å²) in [6, 6.07) is 9.51. The molecule has 17 heavy (non-hydrogen) atoms. The highest BCUT2D eigenvalue weighted by molar-refractivity contribution is 5.22. The summed E-state index contributed by atoms with van der Waals surface area (Å²) in [7, 11) is 2.22. The number of piperidine rings is 1. The Morgan fingerprint density at radius 1 is 1.41 bits per heavy atom. The molecule has 1 heterocycles. The molecule has 1 atom stereocenters. The summed E-state index contributed by atoms with van der Waals surface area (Å²) in [6.07, 6.45) is 3.80. The zero-order valence-electron chi connectivity index (χ0n) is 11.1. The lowest BCUT2D eigenvalue weighted by Gasteiger charge is -2.30. The van der Waals surface area contributed by atoms with Crippen molar-refractivity contribution >= 4 is 0 Å². The van der Waals surface area contributed by atoms with E-state index >= 15 is 0 Å². The first-order chi connectivity index (χ1) is 8.24. The summed E-state index contributed by atoms with van der Waals surface area (Å²) in [5.74, 6) is 0. The van der Waals surface area contributed by atoms with Crippen LogP contribution in [0.5, 0.6) is 0 Å². The molecule has 94 valence electrons. The molecule has 2 nitrogen and oxygen atoms in total. The van der Waals surface area contributed by atoms with Crippen molar-refractivity contribution in [1.82, 2.24) is 10.2 Å². The molecule has 0 bridgehead atoms. The molecule has 0 spiro atoms. The van der Waals surface area contributed by atoms with Crippen molar-refractivity contribution in [3.8, 4) is 0 Å². The Hall–Kier alpha value is -0.860. The summed E-state index contributed by atoms with van der Waals surface area (Å²) >= 11 is 0. The van der Waals surface area contributed by atoms with E-state index in [9.17, 15) is 0 Å². The second-order valence-electron chi connectivity index (χ2n) is 5.29. The Labute approximate surface area is 105 Å². The van der Waals surface area contributed by atoms with Crippen LogP contribution in [0.15, 0.2) is 24.3 Å². The molecule has 1 aromatic carbocycles. The fourth-order valence-electron chi connectivity index (χ4n) is 2.62. The zero-order chi connectivity index (χ0) is 12.1. The minimum Gasteiger partial charge on any atom is -0.312 e. The van der Waals surface area contributed by atoms with Gasteiger partial charge in [-0.15, -0.1) is 0 Å². The van der Waals surface area contributed by atoms with Crippen LogP contribution in [-0.4, -0.2) is 37.6 Å². The van der Waals surface area contributed by atoms with Gasteiger partial charge in [0, 0.05) is 12.6 Å². The molecule has 2 rings (SSSR count). The molecule has 1 unspecified atom stereocenters. The number of likely N-dealkylation sites (tertiary alicyclic amines) is 1. The predicted octanol–water partition coefficient (Wildman–Crippen LogP) is 2.22. The topological polar surface area (TPSA) is 15.3 Å². The smallest absolute Gasteiger partial charge is 0.0195 e. The molecular weight excluding hydrogens is 208 g/mol. The van der Waals surface area contributed by atoms with E-state index in [4.69, 9.17) is 0 Å². The lowest BCUT2D eigenvalue weighted by molar-refractivity contribution is 0.228. The molecule has 1 aliphatic rings. The van der Waals surface area contributed by atoms with Crippen LogP contribution in [0.25, 0.3) is 0 Å². The number of hydrogen-bond donors (Lipinski definition) is 1. The summed E-state index contributed by atoms with van der Waals surface area (Å²) in [6.45, 7) is 5.72. The van der Waals surface area contributed by atoms with Crippen molar-refractivity contribution in [2.24, 2.45) is 0 Å². The van der Waals surface area contributed by atoms with Crippen LogP contribution >= 0.6 is 0 Å². The molecule has 0 aliphatic carbocycles. The van der Waals surface area contributed by atoms with Gasteiger partial charge in [0.1, 0.15) is 0 Å². The molecular formula is C15H24N2. The van der Waals surface area contributed by atoms with E-state index in [0.29, 0.717) is 6.04 Å². The van der Waals surface area contributed by atoms with Gasteiger partial charge in [0.05, 0.1) is 0 Å². The third kappa shape index (κ3) is 4.14. The van der Waals surface area contributed by atoms with E-state index in [1.807, 2.05) is 0 Å². The quantitative estimate of drug-likeness (QED) is 0.856. The first-order valence-corrected chi connectivity index (χ1v) is 6.71. The third-order valence-electron chi connectivity index (χ3n) is 3.55. The summed E-state index contributed by atoms with van der Waals surface area (Å²) in [4.78, 5) is 2.42. The second kappa shape index (κ2) is 6.18. The Kier molecular flexibility index (Phi) is 4.57. The van der Waals surface area contributed by atoms with Crippen LogP contribution in [0.3, 0.4) is 0 Å². The van der Waals surface area contributed by atoms with E-state index < -0.39 is 0 Å². The normalized spacial score (nSPS) is 21.6. The number of likely N-dealkylation sites (N-methyl/N-ethyl adjacent to an activating group) is 1. The van der Waals surface area contributed by atoms with E-state index in [2.05, 4.69) is 48.5 Å². The van der Waals surface area contributed by atoms with Gasteiger partial charge in [0.2, 0.25) is 0 Å². The van der Waals surface area contributed by atoms with Crippen LogP contribution in [-0.2, 0) is 6.42 Å². The first-order valence-electron chi connectivity index (χ1n) is 6.71. The Morgan fingerprint density at radius 2 is 2.29 bits per heavy atom. The standard InChI is InChI=1S/C15H24N2/c1-13-5-3-6-14(11-13)8-9-16-15-7-4-10-17(2)12-15/h3,5-6,11,15-16H,4,7-10,12H2,1-2H3. The van der Waals surface area contributed by atoms with Gasteiger partial charge in [-0.05, 0) is 51.9 Å². The summed E-state index contributed by atoms with van der Waals surface area (Å²) in [5.41, 5.74) is 2.81. The number of benzene rings is 1. The monoisotopic (exact) mass is 232 g/mol. The van der Waals surface area contributed by atoms with Gasteiger partial charge in [0.15, 0.2) is 0 Å². The van der Waals surface area contributed by atoms with Crippen molar-refractivity contribution in [3.05, 3.63) is 35.4 Å². The highest BCUT2D eigenvalue weighted by atomic mass is 15.1. The Bertz CT molecular complexity index is 349. The van der Waals surface area contributed by atoms with Crippen LogP contribution in [0.1, 0.15) is 24.0 Å². The maximum absolute atomic E-state index is 3.68. The maximum atomic E-state index is 3.68. The van der Waals surface area contributed by atoms with Gasteiger partial charge in [-0.25, -0.2) is 0 Å². The van der Waals surface area contributed by atoms with Crippen molar-refractivity contribution in [2.45, 2.75) is 32.2 Å². The molecule has 1 N–H and O–H groups in total. The van der Waals surface area contributed by atoms with Gasteiger partial charge in [-0.2, -0.15) is 0 Å². The lowest BCUT2D eigenvalue weighted by Crippen LogP contribution is -2.44. The van der Waals surface area contributed by atoms with E-state index in [-0.39, 0.29) is 0 Å². The lowest BCUT2D eigenvalue weighted by atomic mass is 10.1. The Balaban J connectivity index is 1.72. The van der Waals surface area contributed by atoms with Crippen LogP contribution < -0.4 is 5.32 Å². The van der Waals surface area contributed by atoms with Crippen molar-refractivity contribution in [3.63, 3.8) is 0 Å². The molecule has 0 saturated carbocycles. The van der Waals surface area contributed by atoms with E-state index in [1.165, 1.54) is 37.1 Å². The van der Waals surface area contributed by atoms with Gasteiger partial charge in [-0.1, -0.05) is 29.8 Å². The fraction of sp³-hybridized carbons (Fsp3) is 0.600. The van der Waals surface area contributed by atoms with Crippen LogP contribution in [0.4, 0.5) is 0 Å². The van der Waals surface area contributed by atoms with Gasteiger partial charge in [-0.3, -0.25) is 0 Å². The molecule has 1 aromatic rings. The number of rotatable bonds is 4. The van der Waals surface area contributed by atoms with Crippen molar-refractivity contribution < 1.29 is 0 Å². The fourth-order valence-corrected chi connectivity index (χ4v) is 2.62. The molecule has 0 amide bonds. The van der Waals surface area contributed by atoms with E-state index in [1.54, 1.807) is 0 Å². The largest absolute Gasteiger partial charge is 0.312 e. The molecule has 1 aliphatic heterocycles. The van der Waals surface area contributed by atoms with Crippen LogP contribution in [0.2, 0.25) is 0 Å². The average molecular weight is 232 g/mol. The predicted molar refractivity (Wildman–Crippen MR) is 73.4 cm³/mol. The number of aryl methyl sites for hydroxylation is 1. The summed E-state index contributed by atoms with van der Waals surface area (Å²) in [5, 5.41) is 3.68. The third-order valence-corrected chi connectivity index (χ3v) is 3.55. The number of hydrogen-bond acceptors (Lipinski definition) is 2. The zero-order valence-corrected chi connectivity index (χ0v) is 11.1. The summed E-state index contributed by atoms with van der Waals surface area (Å²) < 4.78 is 0. The molecule has 0 radical (unpaired) electrons. The van der Waals surface area contributed by atoms with Gasteiger partial charge < -0.3 is 10.2 Å². The SMILES string of the molecule is Cc1cccc(CCNC2CCCN(C)C2)c1. The van der Waals surface area contributed by atoms with Crippen molar-refractivity contribution in [1.29, 1.82) is 0 Å². The average Bonchev–Trinajstić information content (AvgIpc) is 2.29. The van der Waals surface area contributed by atoms with Gasteiger partial charge in [0.25, 0.3) is 0 Å². The van der Waals surface area contributed by atoms with E-state index in [0.717, 1.165) is 13.0 Å². The highest BCUT2D eigenvalue weighted by Gasteiger charge is 2.15. The Morgan fingerprint density at radius 3 is 3.06 bits per heavy atom. The molecule has 2 heteroatoms. The maximum Gasteiger partial charge on any atom is 0.0195 e. The molecule has 0 aromatic heterocycles. The minimum atomic E-state index is 0.693. The van der Waals surface area contributed by atoms with Gasteiger partial charge >= 0.3 is 0 Å². The second-order valence-corrected chi connectivity index (χ2v) is 5.29. The van der Waals surface area contributed by atoms with Crippen LogP contribution in [0, 0.1) is 6.92 Å². The van der Waals surface area contributed by atoms with Crippen molar-refractivity contribution in [2.75, 3.05) is 26.7 Å². The first kappa shape index (κ1) is 12.6.